The lowest BCUT2D eigenvalue weighted by Gasteiger charge is -2.31. The van der Waals surface area contributed by atoms with E-state index in [2.05, 4.69) is 43.6 Å². The molecule has 1 aromatic rings. The van der Waals surface area contributed by atoms with Crippen LogP contribution in [0, 0.1) is 5.92 Å². The van der Waals surface area contributed by atoms with E-state index in [4.69, 9.17) is 4.74 Å². The summed E-state index contributed by atoms with van der Waals surface area (Å²) in [4.78, 5) is 44.8. The Morgan fingerprint density at radius 3 is 2.62 bits per heavy atom. The summed E-state index contributed by atoms with van der Waals surface area (Å²) in [5.41, 5.74) is 2.14. The minimum Gasteiger partial charge on any atom is -0.394 e. The summed E-state index contributed by atoms with van der Waals surface area (Å²) in [7, 11) is -3.48. The zero-order chi connectivity index (χ0) is 34.1. The first-order valence-corrected chi connectivity index (χ1v) is 20.3. The van der Waals surface area contributed by atoms with Gasteiger partial charge in [0, 0.05) is 35.8 Å². The number of hydrogen-bond donors (Lipinski definition) is 3. The Kier molecular flexibility index (Phi) is 10.8. The molecule has 3 amide bonds. The number of hydrogen-bond acceptors (Lipinski definition) is 6. The molecule has 0 radical (unpaired) electrons. The zero-order valence-corrected chi connectivity index (χ0v) is 29.9. The minimum absolute atomic E-state index is 0.0522. The monoisotopic (exact) mass is 668 g/mol. The summed E-state index contributed by atoms with van der Waals surface area (Å²) in [6, 6.07) is 4.95. The normalized spacial score (nSPS) is 29.1. The molecule has 5 rings (SSSR count). The van der Waals surface area contributed by atoms with E-state index in [1.807, 2.05) is 25.1 Å². The second kappa shape index (κ2) is 14.3. The highest BCUT2D eigenvalue weighted by molar-refractivity contribution is 6.72. The first-order valence-electron chi connectivity index (χ1n) is 17.3. The third kappa shape index (κ3) is 7.14. The predicted octanol–water partition coefficient (Wildman–Crippen LogP) is 5.56. The number of nitrogens with zero attached hydrogens (tertiary/aromatic N) is 2. The van der Waals surface area contributed by atoms with Crippen molar-refractivity contribution in [1.29, 1.82) is 0 Å². The van der Waals surface area contributed by atoms with E-state index in [1.165, 1.54) is 5.57 Å². The molecule has 1 aromatic carbocycles. The fraction of sp³-hybridized carbons (Fsp3) is 0.639. The number of anilines is 2. The first-order chi connectivity index (χ1) is 22.3. The van der Waals surface area contributed by atoms with Crippen LogP contribution in [0.4, 0.5) is 15.5 Å². The van der Waals surface area contributed by atoms with Gasteiger partial charge >= 0.3 is 0 Å². The van der Waals surface area contributed by atoms with Gasteiger partial charge in [-0.25, -0.2) is 0 Å². The molecule has 47 heavy (non-hydrogen) atoms. The lowest BCUT2D eigenvalue weighted by Crippen LogP contribution is -2.45. The summed E-state index contributed by atoms with van der Waals surface area (Å²) in [5, 5.41) is 16.1. The quantitative estimate of drug-likeness (QED) is 0.162. The Morgan fingerprint density at radius 1 is 1.19 bits per heavy atom. The van der Waals surface area contributed by atoms with Crippen molar-refractivity contribution >= 4 is 37.5 Å². The van der Waals surface area contributed by atoms with Crippen molar-refractivity contribution in [3.8, 4) is 0 Å². The summed E-state index contributed by atoms with van der Waals surface area (Å²) >= 11 is 0. The van der Waals surface area contributed by atoms with Gasteiger partial charge < -0.3 is 34.4 Å². The Labute approximate surface area is 280 Å². The number of allylic oxidation sites excluding steroid dienone is 3. The van der Waals surface area contributed by atoms with E-state index >= 15 is 4.11 Å². The Bertz CT molecular complexity index is 1420. The van der Waals surface area contributed by atoms with E-state index in [-0.39, 0.29) is 42.8 Å². The van der Waals surface area contributed by atoms with E-state index in [9.17, 15) is 19.5 Å². The largest absolute Gasteiger partial charge is 0.394 e. The molecular weight excluding hydrogens is 616 g/mol. The number of nitrogens with one attached hydrogen (secondary N) is 2. The molecule has 3 N–H and O–H groups in total. The molecule has 0 bridgehead atoms. The van der Waals surface area contributed by atoms with E-state index < -0.39 is 31.6 Å². The van der Waals surface area contributed by atoms with Gasteiger partial charge in [-0.05, 0) is 97.1 Å². The number of carbonyl (C=O) groups excluding carboxylic acids is 3. The van der Waals surface area contributed by atoms with E-state index in [0.717, 1.165) is 50.6 Å². The summed E-state index contributed by atoms with van der Waals surface area (Å²) in [5.74, 6) is -1.13. The van der Waals surface area contributed by atoms with Gasteiger partial charge in [-0.2, -0.15) is 0 Å². The third-order valence-electron chi connectivity index (χ3n) is 10.6. The highest BCUT2D eigenvalue weighted by Crippen LogP contribution is 2.60. The van der Waals surface area contributed by atoms with Gasteiger partial charge in [0.1, 0.15) is 0 Å². The van der Waals surface area contributed by atoms with Crippen molar-refractivity contribution in [2.45, 2.75) is 115 Å². The molecule has 0 aromatic heterocycles. The highest BCUT2D eigenvalue weighted by atomic mass is 28.4. The molecule has 4 aliphatic heterocycles. The standard InChI is InChI=1S/C36H53FN4O5Si/c1-23(2)10-7-11-24(3)16-19-41-30-15-14-26(39-34(44)29-13-8-17-38-29)20-28(30)36(35(41)45)25(4)33(47(5,6)37)31(46-36)21-32(43)40-18-9-12-27(40)22-42/h10,14-16,20,25,27,29,31,33,38,42H,7-9,11-13,17-19,21-22H2,1-6H3,(H,39,44)/b24-16+/t25-,27-,29+,31+,33-,36+/m0/s1. The molecular formula is C36H53FN4O5Si. The maximum absolute atomic E-state index is 16.3. The molecule has 3 fully saturated rings. The number of benzene rings is 1. The topological polar surface area (TPSA) is 111 Å². The van der Waals surface area contributed by atoms with E-state index in [1.54, 1.807) is 22.9 Å². The number of likely N-dealkylation sites (tertiary alicyclic amines) is 1. The molecule has 3 saturated heterocycles. The number of amides is 3. The van der Waals surface area contributed by atoms with Gasteiger partial charge in [0.25, 0.3) is 5.91 Å². The number of fused-ring (bicyclic) bond motifs is 2. The molecule has 6 atom stereocenters. The SMILES string of the molecule is CC(C)=CCC/C(C)=C/CN1C(=O)[C@]2(O[C@H](CC(=O)N3CCC[C@H]3CO)[C@@H]([Si](C)(C)F)[C@@H]2C)c2cc(NC(=O)[C@H]3CCCN3)ccc21. The average molecular weight is 669 g/mol. The van der Waals surface area contributed by atoms with Crippen LogP contribution in [0.25, 0.3) is 0 Å². The van der Waals surface area contributed by atoms with Gasteiger partial charge in [0.2, 0.25) is 20.2 Å². The lowest BCUT2D eigenvalue weighted by atomic mass is 9.82. The van der Waals surface area contributed by atoms with Crippen LogP contribution >= 0.6 is 0 Å². The third-order valence-corrected chi connectivity index (χ3v) is 13.1. The number of rotatable bonds is 11. The minimum atomic E-state index is -3.48. The fourth-order valence-corrected chi connectivity index (χ4v) is 10.7. The van der Waals surface area contributed by atoms with Gasteiger partial charge in [0.05, 0.1) is 36.9 Å². The lowest BCUT2D eigenvalue weighted by molar-refractivity contribution is -0.149. The van der Waals surface area contributed by atoms with Crippen molar-refractivity contribution in [3.05, 3.63) is 47.1 Å². The Morgan fingerprint density at radius 2 is 1.96 bits per heavy atom. The number of aliphatic hydroxyl groups is 1. The van der Waals surface area contributed by atoms with Crippen LogP contribution in [-0.2, 0) is 24.7 Å². The maximum atomic E-state index is 16.3. The van der Waals surface area contributed by atoms with Crippen LogP contribution in [0.5, 0.6) is 0 Å². The van der Waals surface area contributed by atoms with Crippen LogP contribution < -0.4 is 15.5 Å². The van der Waals surface area contributed by atoms with Crippen LogP contribution in [0.15, 0.2) is 41.5 Å². The van der Waals surface area contributed by atoms with Gasteiger partial charge in [-0.1, -0.05) is 30.2 Å². The second-order valence-electron chi connectivity index (χ2n) is 14.7. The smallest absolute Gasteiger partial charge is 0.264 e. The highest BCUT2D eigenvalue weighted by Gasteiger charge is 2.67. The fourth-order valence-electron chi connectivity index (χ4n) is 8.22. The van der Waals surface area contributed by atoms with Crippen molar-refractivity contribution in [2.75, 3.05) is 36.5 Å². The van der Waals surface area contributed by atoms with Crippen molar-refractivity contribution in [1.82, 2.24) is 10.2 Å². The van der Waals surface area contributed by atoms with E-state index in [0.29, 0.717) is 30.0 Å². The van der Waals surface area contributed by atoms with Crippen LogP contribution in [0.3, 0.4) is 0 Å². The molecule has 9 nitrogen and oxygen atoms in total. The van der Waals surface area contributed by atoms with Crippen molar-refractivity contribution in [3.63, 3.8) is 0 Å². The Balaban J connectivity index is 1.51. The van der Waals surface area contributed by atoms with Crippen LogP contribution in [0.2, 0.25) is 18.6 Å². The summed E-state index contributed by atoms with van der Waals surface area (Å²) < 4.78 is 23.2. The van der Waals surface area contributed by atoms with Gasteiger partial charge in [0.15, 0.2) is 5.60 Å². The van der Waals surface area contributed by atoms with Gasteiger partial charge in [-0.15, -0.1) is 0 Å². The van der Waals surface area contributed by atoms with Crippen LogP contribution in [-0.4, -0.2) is 80.6 Å². The number of ether oxygens (including phenoxy) is 1. The van der Waals surface area contributed by atoms with Gasteiger partial charge in [-0.3, -0.25) is 14.4 Å². The first kappa shape index (κ1) is 35.4. The number of carbonyl (C=O) groups is 3. The summed E-state index contributed by atoms with van der Waals surface area (Å²) in [6.45, 7) is 12.9. The number of aliphatic hydroxyl groups excluding tert-OH is 1. The zero-order valence-electron chi connectivity index (χ0n) is 28.9. The summed E-state index contributed by atoms with van der Waals surface area (Å²) in [6.07, 6.45) is 8.43. The molecule has 0 unspecified atom stereocenters. The molecule has 258 valence electrons. The second-order valence-corrected chi connectivity index (χ2v) is 18.5. The van der Waals surface area contributed by atoms with Crippen molar-refractivity contribution in [2.24, 2.45) is 5.92 Å². The maximum Gasteiger partial charge on any atom is 0.264 e. The molecule has 11 heteroatoms. The average Bonchev–Trinajstić information content (AvgIpc) is 3.79. The van der Waals surface area contributed by atoms with Crippen LogP contribution in [0.1, 0.15) is 78.2 Å². The molecule has 0 aliphatic carbocycles. The van der Waals surface area contributed by atoms with Crippen molar-refractivity contribution < 1.29 is 28.3 Å². The molecule has 4 aliphatic rings. The molecule has 0 saturated carbocycles. The molecule has 4 heterocycles. The number of halogens is 1. The molecule has 1 spiro atoms. The Hall–Kier alpha value is -2.86. The predicted molar refractivity (Wildman–Crippen MR) is 185 cm³/mol.